The molecule has 4 atom stereocenters. The zero-order valence-electron chi connectivity index (χ0n) is 30.4. The number of likely N-dealkylation sites (N-methyl/N-ethyl adjacent to an activating group) is 1. The lowest BCUT2D eigenvalue weighted by molar-refractivity contribution is -0.120. The van der Waals surface area contributed by atoms with Crippen molar-refractivity contribution in [1.29, 1.82) is 0 Å². The molecule has 1 aromatic carbocycles. The number of hydrogen-bond acceptors (Lipinski definition) is 9. The molecule has 0 spiro atoms. The summed E-state index contributed by atoms with van der Waals surface area (Å²) in [4.78, 5) is 42.5. The molecule has 2 aliphatic rings. The highest BCUT2D eigenvalue weighted by atomic mass is 16.5. The van der Waals surface area contributed by atoms with Gasteiger partial charge in [-0.25, -0.2) is 0 Å². The number of Topliss-reactive ketones (excluding diaryl/α,β-unsaturated/α-hetero) is 1. The second-order valence-corrected chi connectivity index (χ2v) is 13.3. The first-order valence-corrected chi connectivity index (χ1v) is 17.1. The van der Waals surface area contributed by atoms with Gasteiger partial charge in [0.1, 0.15) is 0 Å². The molecule has 3 rings (SSSR count). The highest BCUT2D eigenvalue weighted by Crippen LogP contribution is 2.29. The van der Waals surface area contributed by atoms with Gasteiger partial charge >= 0.3 is 0 Å². The number of aliphatic hydroxyl groups is 1. The Morgan fingerprint density at radius 2 is 1.73 bits per heavy atom. The number of aliphatic hydroxyl groups excluding tert-OH is 1. The number of benzene rings is 1. The number of carbonyl (C=O) groups excluding carboxylic acids is 3. The number of allylic oxidation sites excluding steroid dienone is 4. The first-order chi connectivity index (χ1) is 23.4. The van der Waals surface area contributed by atoms with Crippen molar-refractivity contribution >= 4 is 17.5 Å². The lowest BCUT2D eigenvalue weighted by atomic mass is 9.86. The number of hydrogen-bond donors (Lipinski definition) is 3. The van der Waals surface area contributed by atoms with E-state index in [0.29, 0.717) is 61.4 Å². The summed E-state index contributed by atoms with van der Waals surface area (Å²) in [6.07, 6.45) is 10.8. The normalized spacial score (nSPS) is 25.9. The van der Waals surface area contributed by atoms with E-state index in [9.17, 15) is 19.5 Å². The van der Waals surface area contributed by atoms with Crippen molar-refractivity contribution in [2.75, 3.05) is 48.0 Å². The van der Waals surface area contributed by atoms with Gasteiger partial charge in [-0.15, -0.1) is 0 Å². The first-order valence-electron chi connectivity index (χ1n) is 17.1. The lowest BCUT2D eigenvalue weighted by Gasteiger charge is -2.25. The minimum atomic E-state index is -0.554. The quantitative estimate of drug-likeness (QED) is 0.236. The molecule has 49 heavy (non-hydrogen) atoms. The zero-order valence-corrected chi connectivity index (χ0v) is 30.4. The van der Waals surface area contributed by atoms with Crippen LogP contribution in [-0.4, -0.2) is 87.7 Å². The third-order valence-electron chi connectivity index (χ3n) is 9.13. The summed E-state index contributed by atoms with van der Waals surface area (Å²) in [5, 5.41) is 16.9. The van der Waals surface area contributed by atoms with Crippen LogP contribution in [0.15, 0.2) is 76.7 Å². The van der Waals surface area contributed by atoms with Crippen molar-refractivity contribution in [1.82, 2.24) is 15.5 Å². The maximum absolute atomic E-state index is 13.8. The number of ether oxygens (including phenoxy) is 3. The Kier molecular flexibility index (Phi) is 15.5. The third-order valence-corrected chi connectivity index (χ3v) is 9.13. The van der Waals surface area contributed by atoms with Crippen LogP contribution in [0.5, 0.6) is 11.5 Å². The molecule has 268 valence electrons. The van der Waals surface area contributed by atoms with Gasteiger partial charge in [-0.05, 0) is 76.6 Å². The third kappa shape index (κ3) is 11.8. The number of nitrogens with one attached hydrogen (secondary N) is 2. The summed E-state index contributed by atoms with van der Waals surface area (Å²) in [7, 11) is 6.86. The van der Waals surface area contributed by atoms with Crippen molar-refractivity contribution in [3.05, 3.63) is 82.3 Å². The van der Waals surface area contributed by atoms with E-state index >= 15 is 0 Å². The second kappa shape index (κ2) is 19.3. The van der Waals surface area contributed by atoms with Crippen LogP contribution in [-0.2, 0) is 25.5 Å². The summed E-state index contributed by atoms with van der Waals surface area (Å²) in [5.74, 6) is 0.117. The molecule has 1 aliphatic carbocycles. The molecule has 10 heteroatoms. The molecule has 1 heterocycles. The molecule has 0 saturated heterocycles. The lowest BCUT2D eigenvalue weighted by Crippen LogP contribution is -2.38. The van der Waals surface area contributed by atoms with Gasteiger partial charge in [0, 0.05) is 49.9 Å². The van der Waals surface area contributed by atoms with Crippen LogP contribution >= 0.6 is 0 Å². The summed E-state index contributed by atoms with van der Waals surface area (Å²) in [6, 6.07) is 5.88. The zero-order chi connectivity index (χ0) is 36.1. The Labute approximate surface area is 291 Å². The smallest absolute Gasteiger partial charge is 0.251 e. The first kappa shape index (κ1) is 39.4. The number of fused-ring (bicyclic) bond motifs is 2. The Bertz CT molecular complexity index is 1490. The molecule has 0 saturated carbocycles. The molecule has 0 fully saturated rings. The van der Waals surface area contributed by atoms with Crippen LogP contribution in [0.1, 0.15) is 58.9 Å². The van der Waals surface area contributed by atoms with Crippen molar-refractivity contribution in [2.24, 2.45) is 11.8 Å². The molecule has 10 nitrogen and oxygen atoms in total. The average molecular weight is 678 g/mol. The SMILES string of the molecule is COc1ccc(CCN(C)CCNC2=C3CC(C)CCC(O)C(C)/C=C(\C)CC(OC)/C=C\C=C(/C)C(=O)NC(=CC2=O)C3=O)cc1OC. The molecule has 0 radical (unpaired) electrons. The van der Waals surface area contributed by atoms with Crippen molar-refractivity contribution < 1.29 is 33.7 Å². The number of nitrogens with zero attached hydrogens (tertiary/aromatic N) is 1. The molecule has 3 N–H and O–H groups in total. The van der Waals surface area contributed by atoms with Gasteiger partial charge in [0.25, 0.3) is 5.91 Å². The number of methoxy groups -OCH3 is 3. The van der Waals surface area contributed by atoms with E-state index in [1.165, 1.54) is 6.08 Å². The van der Waals surface area contributed by atoms with E-state index in [1.54, 1.807) is 40.4 Å². The standard InChI is InChI=1S/C39H55N3O7/c1-25-12-14-33(43)28(4)20-26(2)21-30(47-6)11-9-10-27(3)39(46)41-32-24-34(44)37(31(22-25)38(32)45)40-17-19-42(5)18-16-29-13-15-35(48-7)36(23-29)49-8/h9-11,13,15,20,23-25,28,30,33,40,43H,12,14,16-19,21-22H2,1-8H3,(H,41,46)/b11-9-,26-20+,27-10+. The number of carbonyl (C=O) groups is 3. The maximum atomic E-state index is 13.8. The van der Waals surface area contributed by atoms with Gasteiger partial charge in [0.05, 0.1) is 37.8 Å². The topological polar surface area (TPSA) is 126 Å². The molecule has 1 amide bonds. The Morgan fingerprint density at radius 3 is 2.43 bits per heavy atom. The molecule has 2 bridgehead atoms. The van der Waals surface area contributed by atoms with E-state index in [-0.39, 0.29) is 40.9 Å². The Balaban J connectivity index is 1.78. The van der Waals surface area contributed by atoms with Gasteiger partial charge < -0.3 is 34.9 Å². The fraction of sp³-hybridized carbons (Fsp3) is 0.513. The highest BCUT2D eigenvalue weighted by molar-refractivity contribution is 6.23. The van der Waals surface area contributed by atoms with Gasteiger partial charge in [-0.3, -0.25) is 14.4 Å². The molecule has 1 aliphatic heterocycles. The van der Waals surface area contributed by atoms with Crippen molar-refractivity contribution in [3.63, 3.8) is 0 Å². The number of amides is 1. The van der Waals surface area contributed by atoms with Crippen LogP contribution < -0.4 is 20.1 Å². The van der Waals surface area contributed by atoms with E-state index in [2.05, 4.69) is 21.6 Å². The predicted molar refractivity (Wildman–Crippen MR) is 192 cm³/mol. The fourth-order valence-electron chi connectivity index (χ4n) is 5.98. The fourth-order valence-corrected chi connectivity index (χ4v) is 5.98. The second-order valence-electron chi connectivity index (χ2n) is 13.3. The molecule has 1 aromatic rings. The van der Waals surface area contributed by atoms with Gasteiger partial charge in [-0.2, -0.15) is 0 Å². The summed E-state index contributed by atoms with van der Waals surface area (Å²) >= 11 is 0. The average Bonchev–Trinajstić information content (AvgIpc) is 3.08. The van der Waals surface area contributed by atoms with E-state index in [1.807, 2.05) is 52.1 Å². The summed E-state index contributed by atoms with van der Waals surface area (Å²) in [6.45, 7) is 9.54. The van der Waals surface area contributed by atoms with Crippen LogP contribution in [0, 0.1) is 11.8 Å². The Morgan fingerprint density at radius 1 is 1.00 bits per heavy atom. The van der Waals surface area contributed by atoms with Crippen LogP contribution in [0.4, 0.5) is 0 Å². The predicted octanol–water partition coefficient (Wildman–Crippen LogP) is 4.84. The van der Waals surface area contributed by atoms with E-state index in [0.717, 1.165) is 24.1 Å². The maximum Gasteiger partial charge on any atom is 0.251 e. The van der Waals surface area contributed by atoms with Crippen LogP contribution in [0.25, 0.3) is 0 Å². The minimum absolute atomic E-state index is 0.000442. The minimum Gasteiger partial charge on any atom is -0.493 e. The van der Waals surface area contributed by atoms with Crippen molar-refractivity contribution in [3.8, 4) is 11.5 Å². The number of rotatable bonds is 10. The highest BCUT2D eigenvalue weighted by Gasteiger charge is 2.31. The Hall–Kier alpha value is -3.99. The molecular weight excluding hydrogens is 622 g/mol. The van der Waals surface area contributed by atoms with Gasteiger partial charge in [0.15, 0.2) is 11.5 Å². The van der Waals surface area contributed by atoms with Gasteiger partial charge in [0.2, 0.25) is 11.6 Å². The summed E-state index contributed by atoms with van der Waals surface area (Å²) < 4.78 is 16.4. The molecule has 4 unspecified atom stereocenters. The van der Waals surface area contributed by atoms with Crippen LogP contribution in [0.2, 0.25) is 0 Å². The largest absolute Gasteiger partial charge is 0.493 e. The van der Waals surface area contributed by atoms with E-state index < -0.39 is 12.0 Å². The van der Waals surface area contributed by atoms with Crippen molar-refractivity contribution in [2.45, 2.75) is 72.0 Å². The monoisotopic (exact) mass is 677 g/mol. The van der Waals surface area contributed by atoms with Crippen LogP contribution in [0.3, 0.4) is 0 Å². The summed E-state index contributed by atoms with van der Waals surface area (Å²) in [5.41, 5.74) is 3.18. The molecule has 0 aromatic heterocycles. The molecular formula is C39H55N3O7. The number of ketones is 2. The van der Waals surface area contributed by atoms with Gasteiger partial charge in [-0.1, -0.05) is 49.8 Å². The van der Waals surface area contributed by atoms with E-state index in [4.69, 9.17) is 14.2 Å².